The summed E-state index contributed by atoms with van der Waals surface area (Å²) in [5.41, 5.74) is 0. The van der Waals surface area contributed by atoms with Gasteiger partial charge in [-0.15, -0.1) is 0 Å². The first-order chi connectivity index (χ1) is 11.9. The zero-order valence-electron chi connectivity index (χ0n) is 14.6. The quantitative estimate of drug-likeness (QED) is 0.857. The van der Waals surface area contributed by atoms with Crippen LogP contribution in [0.15, 0.2) is 34.2 Å². The Morgan fingerprint density at radius 1 is 1.24 bits per heavy atom. The van der Waals surface area contributed by atoms with Gasteiger partial charge in [-0.1, -0.05) is 26.7 Å². The Balaban J connectivity index is 1.64. The second-order valence-corrected chi connectivity index (χ2v) is 8.65. The first-order valence-corrected chi connectivity index (χ1v) is 10.2. The molecule has 1 saturated carbocycles. The molecule has 0 amide bonds. The van der Waals surface area contributed by atoms with E-state index < -0.39 is 15.8 Å². The Kier molecular flexibility index (Phi) is 5.29. The Hall–Kier alpha value is -1.67. The Bertz CT molecular complexity index is 736. The predicted molar refractivity (Wildman–Crippen MR) is 94.8 cm³/mol. The highest BCUT2D eigenvalue weighted by Crippen LogP contribution is 2.32. The molecule has 1 aliphatic carbocycles. The summed E-state index contributed by atoms with van der Waals surface area (Å²) in [6.07, 6.45) is 3.64. The maximum atomic E-state index is 13.0. The van der Waals surface area contributed by atoms with Crippen molar-refractivity contribution in [1.82, 2.24) is 14.9 Å². The number of aliphatic imine (C=N–C) groups is 1. The molecule has 0 bridgehead atoms. The molecule has 8 heteroatoms. The molecule has 1 aromatic rings. The molecule has 3 atom stereocenters. The van der Waals surface area contributed by atoms with Crippen molar-refractivity contribution < 1.29 is 12.8 Å². The van der Waals surface area contributed by atoms with Crippen LogP contribution in [0.1, 0.15) is 33.1 Å². The average Bonchev–Trinajstić information content (AvgIpc) is 2.58. The van der Waals surface area contributed by atoms with Crippen molar-refractivity contribution in [3.63, 3.8) is 0 Å². The van der Waals surface area contributed by atoms with Crippen molar-refractivity contribution in [2.45, 2.75) is 44.0 Å². The standard InChI is InChI=1S/C17H25FN4O2S/c1-12-4-3-5-16(13(12)2)22-10-19-17(20-11-22)21-25(23,24)15-8-6-14(18)7-9-15/h6-9,12-13,16H,3-5,10-11H2,1-2H3,(H2,19,20,21)/t12-,13-,16+/m1/s1. The summed E-state index contributed by atoms with van der Waals surface area (Å²) in [6.45, 7) is 5.60. The molecule has 25 heavy (non-hydrogen) atoms. The van der Waals surface area contributed by atoms with E-state index in [2.05, 4.69) is 33.8 Å². The Morgan fingerprint density at radius 3 is 2.60 bits per heavy atom. The van der Waals surface area contributed by atoms with Crippen LogP contribution >= 0.6 is 0 Å². The van der Waals surface area contributed by atoms with Gasteiger partial charge in [0.2, 0.25) is 5.96 Å². The van der Waals surface area contributed by atoms with Gasteiger partial charge in [0, 0.05) is 6.04 Å². The van der Waals surface area contributed by atoms with E-state index in [0.29, 0.717) is 31.2 Å². The summed E-state index contributed by atoms with van der Waals surface area (Å²) < 4.78 is 40.0. The molecule has 2 aliphatic rings. The minimum Gasteiger partial charge on any atom is -0.343 e. The lowest BCUT2D eigenvalue weighted by atomic mass is 9.77. The second kappa shape index (κ2) is 7.29. The van der Waals surface area contributed by atoms with Crippen LogP contribution in [-0.2, 0) is 10.0 Å². The lowest BCUT2D eigenvalue weighted by Crippen LogP contribution is -2.55. The number of nitrogens with one attached hydrogen (secondary N) is 2. The van der Waals surface area contributed by atoms with Gasteiger partial charge in [-0.2, -0.15) is 0 Å². The predicted octanol–water partition coefficient (Wildman–Crippen LogP) is 2.10. The molecule has 2 N–H and O–H groups in total. The first kappa shape index (κ1) is 18.1. The number of rotatable bonds is 3. The number of hydrogen-bond acceptors (Lipinski definition) is 5. The molecule has 1 heterocycles. The van der Waals surface area contributed by atoms with Crippen LogP contribution in [0.5, 0.6) is 0 Å². The summed E-state index contributed by atoms with van der Waals surface area (Å²) >= 11 is 0. The monoisotopic (exact) mass is 368 g/mol. The third-order valence-corrected chi connectivity index (χ3v) is 6.70. The molecule has 1 fully saturated rings. The van der Waals surface area contributed by atoms with Crippen molar-refractivity contribution in [2.24, 2.45) is 16.8 Å². The Labute approximate surface area is 148 Å². The summed E-state index contributed by atoms with van der Waals surface area (Å²) in [4.78, 5) is 6.61. The lowest BCUT2D eigenvalue weighted by Gasteiger charge is -2.42. The van der Waals surface area contributed by atoms with Gasteiger partial charge in [-0.3, -0.25) is 4.90 Å². The number of halogens is 1. The molecule has 6 nitrogen and oxygen atoms in total. The summed E-state index contributed by atoms with van der Waals surface area (Å²) in [6, 6.07) is 5.18. The normalized spacial score (nSPS) is 28.1. The van der Waals surface area contributed by atoms with Crippen LogP contribution in [0.25, 0.3) is 0 Å². The van der Waals surface area contributed by atoms with Crippen molar-refractivity contribution in [3.8, 4) is 0 Å². The molecule has 3 rings (SSSR count). The summed E-state index contributed by atoms with van der Waals surface area (Å²) in [5, 5.41) is 3.05. The van der Waals surface area contributed by atoms with E-state index in [1.807, 2.05) is 0 Å². The largest absolute Gasteiger partial charge is 0.343 e. The van der Waals surface area contributed by atoms with Crippen molar-refractivity contribution >= 4 is 16.0 Å². The summed E-state index contributed by atoms with van der Waals surface area (Å²) in [5.74, 6) is 1.06. The van der Waals surface area contributed by atoms with Crippen LogP contribution in [0.3, 0.4) is 0 Å². The van der Waals surface area contributed by atoms with Gasteiger partial charge in [0.05, 0.1) is 18.2 Å². The highest BCUT2D eigenvalue weighted by atomic mass is 32.2. The molecular formula is C17H25FN4O2S. The second-order valence-electron chi connectivity index (χ2n) is 6.97. The number of nitrogens with zero attached hydrogens (tertiary/aromatic N) is 2. The van der Waals surface area contributed by atoms with Crippen molar-refractivity contribution in [1.29, 1.82) is 0 Å². The molecule has 0 aromatic heterocycles. The minimum absolute atomic E-state index is 0.00978. The third kappa shape index (κ3) is 4.12. The fraction of sp³-hybridized carbons (Fsp3) is 0.588. The van der Waals surface area contributed by atoms with E-state index in [4.69, 9.17) is 0 Å². The third-order valence-electron chi connectivity index (χ3n) is 5.35. The molecule has 1 aromatic carbocycles. The number of guanidine groups is 1. The average molecular weight is 368 g/mol. The maximum absolute atomic E-state index is 13.0. The van der Waals surface area contributed by atoms with Gasteiger partial charge in [0.25, 0.3) is 10.0 Å². The van der Waals surface area contributed by atoms with E-state index >= 15 is 0 Å². The highest BCUT2D eigenvalue weighted by molar-refractivity contribution is 7.90. The zero-order valence-corrected chi connectivity index (χ0v) is 15.4. The van der Waals surface area contributed by atoms with Gasteiger partial charge in [-0.25, -0.2) is 22.5 Å². The number of benzene rings is 1. The topological polar surface area (TPSA) is 73.8 Å². The Morgan fingerprint density at radius 2 is 1.96 bits per heavy atom. The van der Waals surface area contributed by atoms with Crippen molar-refractivity contribution in [2.75, 3.05) is 13.3 Å². The molecule has 138 valence electrons. The fourth-order valence-corrected chi connectivity index (χ4v) is 4.61. The SMILES string of the molecule is C[C@@H]1[C@H](C)CCC[C@@H]1N1CN=C(NS(=O)(=O)c2ccc(F)cc2)NC1. The van der Waals surface area contributed by atoms with Gasteiger partial charge >= 0.3 is 0 Å². The molecule has 0 saturated heterocycles. The number of hydrogen-bond donors (Lipinski definition) is 2. The van der Waals surface area contributed by atoms with Gasteiger partial charge in [0.15, 0.2) is 0 Å². The van der Waals surface area contributed by atoms with E-state index in [1.54, 1.807) is 0 Å². The smallest absolute Gasteiger partial charge is 0.264 e. The summed E-state index contributed by atoms with van der Waals surface area (Å²) in [7, 11) is -3.77. The van der Waals surface area contributed by atoms with Crippen LogP contribution < -0.4 is 10.0 Å². The zero-order chi connectivity index (χ0) is 18.0. The van der Waals surface area contributed by atoms with Crippen LogP contribution in [0.4, 0.5) is 4.39 Å². The highest BCUT2D eigenvalue weighted by Gasteiger charge is 2.32. The van der Waals surface area contributed by atoms with Crippen LogP contribution in [0.2, 0.25) is 0 Å². The van der Waals surface area contributed by atoms with E-state index in [0.717, 1.165) is 18.6 Å². The molecule has 0 radical (unpaired) electrons. The maximum Gasteiger partial charge on any atom is 0.264 e. The fourth-order valence-electron chi connectivity index (χ4n) is 3.60. The number of sulfonamides is 1. The van der Waals surface area contributed by atoms with Crippen LogP contribution in [-0.4, -0.2) is 38.7 Å². The van der Waals surface area contributed by atoms with E-state index in [1.165, 1.54) is 25.0 Å². The molecule has 0 spiro atoms. The van der Waals surface area contributed by atoms with E-state index in [9.17, 15) is 12.8 Å². The first-order valence-electron chi connectivity index (χ1n) is 8.67. The minimum atomic E-state index is -3.77. The van der Waals surface area contributed by atoms with Gasteiger partial charge in [-0.05, 0) is 42.5 Å². The van der Waals surface area contributed by atoms with Crippen molar-refractivity contribution in [3.05, 3.63) is 30.1 Å². The van der Waals surface area contributed by atoms with Crippen LogP contribution in [0, 0.1) is 17.7 Å². The molecular weight excluding hydrogens is 343 g/mol. The lowest BCUT2D eigenvalue weighted by molar-refractivity contribution is 0.0768. The van der Waals surface area contributed by atoms with Gasteiger partial charge in [0.1, 0.15) is 5.82 Å². The van der Waals surface area contributed by atoms with E-state index in [-0.39, 0.29) is 10.9 Å². The van der Waals surface area contributed by atoms with Gasteiger partial charge < -0.3 is 5.32 Å². The molecule has 1 aliphatic heterocycles. The molecule has 0 unspecified atom stereocenters.